The maximum atomic E-state index is 11.6. The first-order chi connectivity index (χ1) is 17.5. The summed E-state index contributed by atoms with van der Waals surface area (Å²) < 4.78 is 6.15. The molecule has 12 nitrogen and oxygen atoms in total. The first-order valence-corrected chi connectivity index (χ1v) is 11.1. The van der Waals surface area contributed by atoms with Crippen LogP contribution in [0.2, 0.25) is 0 Å². The third kappa shape index (κ3) is 4.76. The summed E-state index contributed by atoms with van der Waals surface area (Å²) >= 11 is 0. The normalized spacial score (nSPS) is 14.3. The highest BCUT2D eigenvalue weighted by molar-refractivity contribution is 5.98. The van der Waals surface area contributed by atoms with E-state index in [9.17, 15) is 15.4 Å². The molecule has 0 amide bonds. The maximum Gasteiger partial charge on any atom is 0.270 e. The van der Waals surface area contributed by atoms with E-state index in [1.54, 1.807) is 18.3 Å². The summed E-state index contributed by atoms with van der Waals surface area (Å²) in [6, 6.07) is 12.5. The summed E-state index contributed by atoms with van der Waals surface area (Å²) in [4.78, 5) is 19.8. The van der Waals surface area contributed by atoms with Gasteiger partial charge in [0.25, 0.3) is 5.69 Å². The number of benzene rings is 2. The lowest BCUT2D eigenvalue weighted by molar-refractivity contribution is -0.384. The van der Waals surface area contributed by atoms with Crippen LogP contribution in [0.25, 0.3) is 0 Å². The Morgan fingerprint density at radius 3 is 2.46 bits per heavy atom. The number of pyridine rings is 1. The second kappa shape index (κ2) is 9.36. The molecule has 6 N–H and O–H groups in total. The van der Waals surface area contributed by atoms with Crippen LogP contribution < -0.4 is 26.8 Å². The molecule has 2 aromatic carbocycles. The minimum Gasteiger partial charge on any atom is -0.457 e. The quantitative estimate of drug-likeness (QED) is 0.176. The summed E-state index contributed by atoms with van der Waals surface area (Å²) in [6.45, 7) is 6.28. The number of nitrogen functional groups attached to an aromatic ring is 2. The lowest BCUT2D eigenvalue weighted by Crippen LogP contribution is -2.32. The zero-order valence-corrected chi connectivity index (χ0v) is 20.2. The number of nitro groups is 1. The molecule has 4 rings (SSSR count). The Bertz CT molecular complexity index is 1510. The second-order valence-corrected chi connectivity index (χ2v) is 9.26. The minimum absolute atomic E-state index is 0.00856. The van der Waals surface area contributed by atoms with Gasteiger partial charge in [-0.15, -0.1) is 0 Å². The number of nitrogens with two attached hydrogens (primary N) is 2. The van der Waals surface area contributed by atoms with Crippen molar-refractivity contribution in [2.24, 2.45) is 4.99 Å². The monoisotopic (exact) mass is 497 g/mol. The molecule has 1 aliphatic rings. The third-order valence-corrected chi connectivity index (χ3v) is 5.80. The molecule has 1 unspecified atom stereocenters. The number of nitrogens with zero attached hydrogens (tertiary/aromatic N) is 5. The fourth-order valence-corrected chi connectivity index (χ4v) is 3.91. The maximum absolute atomic E-state index is 11.6. The number of ether oxygens (including phenoxy) is 1. The molecule has 3 aromatic rings. The Morgan fingerprint density at radius 1 is 1.16 bits per heavy atom. The molecule has 0 saturated heterocycles. The van der Waals surface area contributed by atoms with E-state index < -0.39 is 11.0 Å². The molecular weight excluding hydrogens is 474 g/mol. The Labute approximate surface area is 212 Å². The number of guanidine groups is 1. The number of nitriles is 2. The summed E-state index contributed by atoms with van der Waals surface area (Å²) in [7, 11) is 0. The van der Waals surface area contributed by atoms with Gasteiger partial charge in [-0.2, -0.15) is 10.5 Å². The van der Waals surface area contributed by atoms with Crippen LogP contribution in [-0.4, -0.2) is 15.9 Å². The summed E-state index contributed by atoms with van der Waals surface area (Å²) in [6.07, 6.45) is 1.77. The van der Waals surface area contributed by atoms with Crippen LogP contribution in [0.5, 0.6) is 11.5 Å². The van der Waals surface area contributed by atoms with Crippen molar-refractivity contribution in [1.82, 2.24) is 10.3 Å². The van der Waals surface area contributed by atoms with Crippen LogP contribution in [0.3, 0.4) is 0 Å². The minimum atomic E-state index is -1.02. The van der Waals surface area contributed by atoms with E-state index in [1.165, 1.54) is 18.2 Å². The number of rotatable bonds is 4. The number of anilines is 3. The van der Waals surface area contributed by atoms with Gasteiger partial charge in [-0.3, -0.25) is 15.4 Å². The first kappa shape index (κ1) is 24.8. The van der Waals surface area contributed by atoms with Gasteiger partial charge >= 0.3 is 0 Å². The molecule has 1 atom stereocenters. The highest BCUT2D eigenvalue weighted by Gasteiger charge is 2.32. The molecule has 186 valence electrons. The molecule has 0 spiro atoms. The van der Waals surface area contributed by atoms with Gasteiger partial charge in [-0.25, -0.2) is 9.98 Å². The predicted octanol–water partition coefficient (Wildman–Crippen LogP) is 4.06. The standard InChI is InChI=1S/C25H23N9O3/c1-25(2,3)13-4-7-15(8-5-13)37-18-9-6-14(34(35)36)10-16(18)21-19-20(28)17(11-26)22(29)32-23(19)33-24(31-21)30-12-27/h4-10,21H,1-3H3,(H6,28,29,30,31,32,33). The Hall–Kier alpha value is -5.36. The summed E-state index contributed by atoms with van der Waals surface area (Å²) in [5, 5.41) is 35.6. The number of nitro benzene ring substituents is 1. The number of hydrogen-bond donors (Lipinski definition) is 4. The zero-order chi connectivity index (χ0) is 26.9. The van der Waals surface area contributed by atoms with Crippen LogP contribution in [-0.2, 0) is 5.41 Å². The van der Waals surface area contributed by atoms with Crippen molar-refractivity contribution in [3.05, 3.63) is 74.8 Å². The van der Waals surface area contributed by atoms with Crippen molar-refractivity contribution in [2.75, 3.05) is 16.8 Å². The highest BCUT2D eigenvalue weighted by atomic mass is 16.6. The van der Waals surface area contributed by atoms with Crippen LogP contribution in [0.4, 0.5) is 23.0 Å². The smallest absolute Gasteiger partial charge is 0.270 e. The van der Waals surface area contributed by atoms with Crippen LogP contribution >= 0.6 is 0 Å². The highest BCUT2D eigenvalue weighted by Crippen LogP contribution is 2.45. The molecule has 0 fully saturated rings. The molecule has 37 heavy (non-hydrogen) atoms. The van der Waals surface area contributed by atoms with Gasteiger partial charge in [0.1, 0.15) is 40.8 Å². The second-order valence-electron chi connectivity index (χ2n) is 9.26. The average molecular weight is 498 g/mol. The fraction of sp³-hybridized carbons (Fsp3) is 0.200. The van der Waals surface area contributed by atoms with Crippen molar-refractivity contribution >= 4 is 29.0 Å². The van der Waals surface area contributed by atoms with E-state index in [0.717, 1.165) is 5.56 Å². The molecule has 1 aliphatic heterocycles. The molecule has 0 bridgehead atoms. The number of non-ortho nitro benzene ring substituents is 1. The predicted molar refractivity (Wildman–Crippen MR) is 138 cm³/mol. The van der Waals surface area contributed by atoms with Crippen LogP contribution in [0, 0.1) is 32.9 Å². The zero-order valence-electron chi connectivity index (χ0n) is 20.2. The molecule has 12 heteroatoms. The molecular formula is C25H23N9O3. The van der Waals surface area contributed by atoms with E-state index in [2.05, 4.69) is 41.4 Å². The molecule has 2 heterocycles. The first-order valence-electron chi connectivity index (χ1n) is 11.1. The summed E-state index contributed by atoms with van der Waals surface area (Å²) in [5.41, 5.74) is 13.5. The van der Waals surface area contributed by atoms with E-state index in [1.807, 2.05) is 18.2 Å². The average Bonchev–Trinajstić information content (AvgIpc) is 2.84. The van der Waals surface area contributed by atoms with E-state index in [0.29, 0.717) is 5.75 Å². The van der Waals surface area contributed by atoms with Gasteiger partial charge in [0.05, 0.1) is 10.6 Å². The van der Waals surface area contributed by atoms with E-state index in [-0.39, 0.29) is 56.8 Å². The number of aromatic nitrogens is 1. The van der Waals surface area contributed by atoms with Gasteiger partial charge in [0.15, 0.2) is 6.19 Å². The van der Waals surface area contributed by atoms with Crippen LogP contribution in [0.1, 0.15) is 49.1 Å². The van der Waals surface area contributed by atoms with Crippen molar-refractivity contribution in [3.8, 4) is 23.8 Å². The van der Waals surface area contributed by atoms with Crippen molar-refractivity contribution in [1.29, 1.82) is 10.5 Å². The third-order valence-electron chi connectivity index (χ3n) is 5.80. The van der Waals surface area contributed by atoms with Gasteiger partial charge < -0.3 is 21.5 Å². The topological polar surface area (TPSA) is 201 Å². The van der Waals surface area contributed by atoms with Gasteiger partial charge in [-0.05, 0) is 29.2 Å². The number of nitrogens with one attached hydrogen (secondary N) is 2. The molecule has 0 radical (unpaired) electrons. The Balaban J connectivity index is 1.90. The van der Waals surface area contributed by atoms with Gasteiger partial charge in [0, 0.05) is 23.3 Å². The van der Waals surface area contributed by atoms with Crippen molar-refractivity contribution < 1.29 is 9.66 Å². The van der Waals surface area contributed by atoms with E-state index in [4.69, 9.17) is 21.5 Å². The van der Waals surface area contributed by atoms with Gasteiger partial charge in [-0.1, -0.05) is 32.9 Å². The SMILES string of the molecule is CC(C)(C)c1ccc(Oc2ccc([N+](=O)[O-])cc2C2N=C(NC#N)Nc3nc(N)c(C#N)c(N)c32)cc1. The largest absolute Gasteiger partial charge is 0.457 e. The van der Waals surface area contributed by atoms with Crippen molar-refractivity contribution in [2.45, 2.75) is 32.2 Å². The van der Waals surface area contributed by atoms with Crippen molar-refractivity contribution in [3.63, 3.8) is 0 Å². The molecule has 0 aliphatic carbocycles. The Kier molecular flexibility index (Phi) is 6.26. The number of aliphatic imine (C=N–C) groups is 1. The summed E-state index contributed by atoms with van der Waals surface area (Å²) in [5.74, 6) is 0.818. The fourth-order valence-electron chi connectivity index (χ4n) is 3.91. The van der Waals surface area contributed by atoms with Gasteiger partial charge in [0.2, 0.25) is 5.96 Å². The molecule has 1 aromatic heterocycles. The lowest BCUT2D eigenvalue weighted by Gasteiger charge is -2.27. The van der Waals surface area contributed by atoms with Crippen LogP contribution in [0.15, 0.2) is 47.5 Å². The van der Waals surface area contributed by atoms with E-state index >= 15 is 0 Å². The lowest BCUT2D eigenvalue weighted by atomic mass is 9.87. The molecule has 0 saturated carbocycles. The Morgan fingerprint density at radius 2 is 1.86 bits per heavy atom. The number of fused-ring (bicyclic) bond motifs is 1. The number of hydrogen-bond acceptors (Lipinski definition) is 11.